The highest BCUT2D eigenvalue weighted by Crippen LogP contribution is 2.35. The Morgan fingerprint density at radius 1 is 1.10 bits per heavy atom. The average molecular weight is 434 g/mol. The Labute approximate surface area is 177 Å². The van der Waals surface area contributed by atoms with Crippen molar-refractivity contribution in [2.45, 2.75) is 31.4 Å². The number of halogens is 3. The molecule has 1 saturated heterocycles. The maximum atomic E-state index is 13.2. The number of esters is 1. The fourth-order valence-corrected chi connectivity index (χ4v) is 4.23. The van der Waals surface area contributed by atoms with Crippen LogP contribution in [0, 0.1) is 0 Å². The Morgan fingerprint density at radius 3 is 2.52 bits per heavy atom. The van der Waals surface area contributed by atoms with Gasteiger partial charge in [-0.05, 0) is 23.6 Å². The molecule has 0 saturated carbocycles. The van der Waals surface area contributed by atoms with E-state index in [1.54, 1.807) is 23.1 Å². The summed E-state index contributed by atoms with van der Waals surface area (Å²) in [5.41, 5.74) is 1.92. The summed E-state index contributed by atoms with van der Waals surface area (Å²) in [7, 11) is 1.46. The molecule has 2 aromatic rings. The topological polar surface area (TPSA) is 59.1 Å². The molecule has 2 aliphatic rings. The number of methoxy groups -OCH3 is 1. The lowest BCUT2D eigenvalue weighted by Crippen LogP contribution is -2.64. The lowest BCUT2D eigenvalue weighted by molar-refractivity contribution is -0.221. The van der Waals surface area contributed by atoms with Crippen LogP contribution >= 0.6 is 0 Å². The van der Waals surface area contributed by atoms with Gasteiger partial charge >= 0.3 is 12.1 Å². The molecule has 0 aliphatic carbocycles. The van der Waals surface area contributed by atoms with Crippen molar-refractivity contribution < 1.29 is 32.2 Å². The number of carbonyl (C=O) groups excluding carboxylic acids is 2. The second kappa shape index (κ2) is 8.22. The first kappa shape index (κ1) is 21.2. The van der Waals surface area contributed by atoms with Crippen LogP contribution in [-0.4, -0.2) is 60.3 Å². The van der Waals surface area contributed by atoms with Crippen molar-refractivity contribution in [1.82, 2.24) is 9.80 Å². The van der Waals surface area contributed by atoms with Crippen LogP contribution in [0.5, 0.6) is 5.75 Å². The number of fused-ring (bicyclic) bond motifs is 2. The summed E-state index contributed by atoms with van der Waals surface area (Å²) in [6, 6.07) is 13.6. The van der Waals surface area contributed by atoms with Crippen LogP contribution < -0.4 is 4.74 Å². The van der Waals surface area contributed by atoms with E-state index in [1.165, 1.54) is 12.0 Å². The maximum absolute atomic E-state index is 13.2. The summed E-state index contributed by atoms with van der Waals surface area (Å²) in [5, 5.41) is 0. The van der Waals surface area contributed by atoms with E-state index in [1.807, 2.05) is 30.3 Å². The summed E-state index contributed by atoms with van der Waals surface area (Å²) in [6.45, 7) is 0.853. The van der Waals surface area contributed by atoms with Gasteiger partial charge in [0, 0.05) is 19.6 Å². The number of hydrogen-bond acceptors (Lipinski definition) is 5. The number of ether oxygens (including phenoxy) is 2. The molecule has 2 aromatic carbocycles. The summed E-state index contributed by atoms with van der Waals surface area (Å²) in [4.78, 5) is 28.1. The molecule has 6 nitrogen and oxygen atoms in total. The molecule has 0 spiro atoms. The van der Waals surface area contributed by atoms with E-state index in [0.717, 1.165) is 5.56 Å². The van der Waals surface area contributed by atoms with Crippen molar-refractivity contribution in [1.29, 1.82) is 0 Å². The highest BCUT2D eigenvalue weighted by Gasteiger charge is 2.49. The van der Waals surface area contributed by atoms with Gasteiger partial charge < -0.3 is 14.4 Å². The van der Waals surface area contributed by atoms with E-state index < -0.39 is 24.4 Å². The first-order valence-corrected chi connectivity index (χ1v) is 9.82. The number of amides is 1. The second-order valence-corrected chi connectivity index (χ2v) is 7.51. The minimum Gasteiger partial charge on any atom is -0.496 e. The zero-order chi connectivity index (χ0) is 22.2. The fraction of sp³-hybridized carbons (Fsp3) is 0.364. The Kier molecular flexibility index (Phi) is 5.62. The van der Waals surface area contributed by atoms with Crippen molar-refractivity contribution in [3.8, 4) is 5.75 Å². The molecule has 2 heterocycles. The highest BCUT2D eigenvalue weighted by molar-refractivity contribution is 6.00. The van der Waals surface area contributed by atoms with Gasteiger partial charge in [-0.2, -0.15) is 13.2 Å². The van der Waals surface area contributed by atoms with E-state index in [0.29, 0.717) is 30.0 Å². The Hall–Kier alpha value is -3.07. The summed E-state index contributed by atoms with van der Waals surface area (Å²) < 4.78 is 49.3. The van der Waals surface area contributed by atoms with Crippen LogP contribution in [0.2, 0.25) is 0 Å². The lowest BCUT2D eigenvalue weighted by Gasteiger charge is -2.49. The molecule has 0 radical (unpaired) electrons. The monoisotopic (exact) mass is 434 g/mol. The molecule has 164 valence electrons. The van der Waals surface area contributed by atoms with Gasteiger partial charge in [0.05, 0.1) is 18.7 Å². The molecule has 9 heteroatoms. The van der Waals surface area contributed by atoms with Gasteiger partial charge in [0.1, 0.15) is 5.75 Å². The molecule has 2 unspecified atom stereocenters. The second-order valence-electron chi connectivity index (χ2n) is 7.51. The molecule has 2 atom stereocenters. The minimum atomic E-state index is -5.12. The van der Waals surface area contributed by atoms with Crippen LogP contribution in [0.3, 0.4) is 0 Å². The van der Waals surface area contributed by atoms with Crippen LogP contribution in [0.15, 0.2) is 48.5 Å². The molecule has 0 N–H and O–H groups in total. The van der Waals surface area contributed by atoms with Crippen molar-refractivity contribution in [2.75, 3.05) is 20.2 Å². The van der Waals surface area contributed by atoms with E-state index >= 15 is 0 Å². The van der Waals surface area contributed by atoms with Crippen LogP contribution in [0.4, 0.5) is 13.2 Å². The molecule has 1 fully saturated rings. The van der Waals surface area contributed by atoms with Crippen molar-refractivity contribution in [2.24, 2.45) is 0 Å². The lowest BCUT2D eigenvalue weighted by atomic mass is 9.89. The van der Waals surface area contributed by atoms with Gasteiger partial charge in [-0.1, -0.05) is 42.5 Å². The van der Waals surface area contributed by atoms with Gasteiger partial charge in [0.25, 0.3) is 5.91 Å². The molecule has 1 amide bonds. The number of alkyl halides is 3. The molecule has 0 aromatic heterocycles. The predicted octanol–water partition coefficient (Wildman–Crippen LogP) is 3.01. The largest absolute Gasteiger partial charge is 0.496 e. The third kappa shape index (κ3) is 4.10. The molecular weight excluding hydrogens is 413 g/mol. The molecule has 0 bridgehead atoms. The first-order chi connectivity index (χ1) is 14.8. The number of nitrogens with zero attached hydrogens (tertiary/aromatic N) is 2. The predicted molar refractivity (Wildman–Crippen MR) is 104 cm³/mol. The zero-order valence-corrected chi connectivity index (χ0v) is 16.8. The quantitative estimate of drug-likeness (QED) is 0.693. The normalized spacial score (nSPS) is 21.3. The summed E-state index contributed by atoms with van der Waals surface area (Å²) in [6.07, 6.45) is -6.11. The Morgan fingerprint density at radius 2 is 1.84 bits per heavy atom. The van der Waals surface area contributed by atoms with Gasteiger partial charge in [0.2, 0.25) is 0 Å². The Balaban J connectivity index is 1.69. The van der Waals surface area contributed by atoms with Crippen molar-refractivity contribution in [3.05, 3.63) is 65.2 Å². The third-order valence-corrected chi connectivity index (χ3v) is 5.64. The first-order valence-electron chi connectivity index (χ1n) is 9.82. The average Bonchev–Trinajstić information content (AvgIpc) is 2.75. The van der Waals surface area contributed by atoms with Gasteiger partial charge in [-0.15, -0.1) is 0 Å². The van der Waals surface area contributed by atoms with E-state index in [-0.39, 0.29) is 18.9 Å². The maximum Gasteiger partial charge on any atom is 0.490 e. The number of benzene rings is 2. The van der Waals surface area contributed by atoms with E-state index in [2.05, 4.69) is 0 Å². The molecule has 31 heavy (non-hydrogen) atoms. The van der Waals surface area contributed by atoms with Gasteiger partial charge in [-0.25, -0.2) is 4.79 Å². The van der Waals surface area contributed by atoms with E-state index in [9.17, 15) is 22.8 Å². The summed E-state index contributed by atoms with van der Waals surface area (Å²) >= 11 is 0. The number of rotatable bonds is 4. The Bertz CT molecular complexity index is 980. The number of carbonyl (C=O) groups is 2. The smallest absolute Gasteiger partial charge is 0.490 e. The highest BCUT2D eigenvalue weighted by atomic mass is 19.4. The minimum absolute atomic E-state index is 0.249. The standard InChI is InChI=1S/C22H21F3N2O4/c1-30-17-9-5-8-15-12-16-20(31-21(29)22(23,24)25)26(13-14-6-3-2-4-7-14)10-11-27(16)19(28)18(15)17/h2-9,16,20H,10-13H2,1H3. The van der Waals surface area contributed by atoms with Crippen molar-refractivity contribution in [3.63, 3.8) is 0 Å². The molecular formula is C22H21F3N2O4. The number of hydrogen-bond donors (Lipinski definition) is 0. The fourth-order valence-electron chi connectivity index (χ4n) is 4.23. The van der Waals surface area contributed by atoms with Gasteiger partial charge in [0.15, 0.2) is 6.23 Å². The number of piperazine rings is 1. The van der Waals surface area contributed by atoms with Crippen LogP contribution in [0.1, 0.15) is 21.5 Å². The third-order valence-electron chi connectivity index (χ3n) is 5.64. The van der Waals surface area contributed by atoms with Crippen molar-refractivity contribution >= 4 is 11.9 Å². The molecule has 2 aliphatic heterocycles. The van der Waals surface area contributed by atoms with Crippen LogP contribution in [-0.2, 0) is 22.5 Å². The molecule has 4 rings (SSSR count). The van der Waals surface area contributed by atoms with Gasteiger partial charge in [-0.3, -0.25) is 9.69 Å². The summed E-state index contributed by atoms with van der Waals surface area (Å²) in [5.74, 6) is -2.19. The van der Waals surface area contributed by atoms with Crippen LogP contribution in [0.25, 0.3) is 0 Å². The SMILES string of the molecule is COc1cccc2c1C(=O)N1CCN(Cc3ccccc3)C(OC(=O)C(F)(F)F)C1C2. The van der Waals surface area contributed by atoms with E-state index in [4.69, 9.17) is 9.47 Å². The zero-order valence-electron chi connectivity index (χ0n) is 16.8.